The Morgan fingerprint density at radius 2 is 1.24 bits per heavy atom. The molecule has 0 radical (unpaired) electrons. The predicted molar refractivity (Wildman–Crippen MR) is 224 cm³/mol. The van der Waals surface area contributed by atoms with E-state index in [0.29, 0.717) is 58.7 Å². The highest BCUT2D eigenvalue weighted by Gasteiger charge is 2.42. The number of carbonyl (C=O) groups is 3. The minimum atomic E-state index is -3.36. The number of fused-ring (bicyclic) bond motifs is 1. The number of hydrogen-bond donors (Lipinski definition) is 1. The summed E-state index contributed by atoms with van der Waals surface area (Å²) in [6, 6.07) is 33.7. The highest BCUT2D eigenvalue weighted by molar-refractivity contribution is 6.14. The Labute approximate surface area is 337 Å². The summed E-state index contributed by atoms with van der Waals surface area (Å²) in [6.45, 7) is 0.695. The average molecular weight is 785 g/mol. The van der Waals surface area contributed by atoms with Crippen LogP contribution in [0.4, 0.5) is 20.2 Å². The van der Waals surface area contributed by atoms with E-state index < -0.39 is 35.6 Å². The van der Waals surface area contributed by atoms with Crippen molar-refractivity contribution < 1.29 is 32.6 Å². The van der Waals surface area contributed by atoms with E-state index in [4.69, 9.17) is 9.47 Å². The molecule has 0 atom stereocenters. The Balaban J connectivity index is 1.16. The number of nitrogens with one attached hydrogen (secondary N) is 1. The van der Waals surface area contributed by atoms with Crippen LogP contribution in [-0.4, -0.2) is 87.4 Å². The van der Waals surface area contributed by atoms with Crippen LogP contribution in [0, 0.1) is 0 Å². The molecule has 0 saturated carbocycles. The van der Waals surface area contributed by atoms with Gasteiger partial charge in [-0.25, -0.2) is 8.78 Å². The highest BCUT2D eigenvalue weighted by Crippen LogP contribution is 2.44. The Morgan fingerprint density at radius 1 is 0.707 bits per heavy atom. The molecule has 1 saturated heterocycles. The van der Waals surface area contributed by atoms with E-state index >= 15 is 8.78 Å². The van der Waals surface area contributed by atoms with Gasteiger partial charge in [-0.2, -0.15) is 0 Å². The molecule has 5 aromatic rings. The van der Waals surface area contributed by atoms with E-state index in [9.17, 15) is 14.4 Å². The largest absolute Gasteiger partial charge is 0.496 e. The molecule has 7 rings (SSSR count). The molecule has 5 aromatic carbocycles. The molecule has 298 valence electrons. The molecular weight excluding hydrogens is 739 g/mol. The van der Waals surface area contributed by atoms with Crippen molar-refractivity contribution in [1.29, 1.82) is 0 Å². The smallest absolute Gasteiger partial charge is 0.275 e. The fourth-order valence-electron chi connectivity index (χ4n) is 7.88. The molecule has 2 aliphatic rings. The first kappa shape index (κ1) is 39.9. The fraction of sp³-hybridized carbons (Fsp3) is 0.255. The number of nitrogens with zero attached hydrogens (tertiary/aromatic N) is 3. The summed E-state index contributed by atoms with van der Waals surface area (Å²) < 4.78 is 43.3. The summed E-state index contributed by atoms with van der Waals surface area (Å²) in [4.78, 5) is 47.0. The van der Waals surface area contributed by atoms with Crippen molar-refractivity contribution in [3.63, 3.8) is 0 Å². The van der Waals surface area contributed by atoms with Gasteiger partial charge in [0.15, 0.2) is 0 Å². The number of rotatable bonds is 9. The number of amides is 3. The molecule has 2 heterocycles. The normalized spacial score (nSPS) is 16.1. The molecule has 9 nitrogen and oxygen atoms in total. The van der Waals surface area contributed by atoms with Gasteiger partial charge in [0.05, 0.1) is 25.5 Å². The molecule has 3 amide bonds. The Hall–Kier alpha value is -6.33. The van der Waals surface area contributed by atoms with Crippen LogP contribution >= 0.6 is 0 Å². The molecule has 2 aliphatic heterocycles. The number of halogens is 2. The third kappa shape index (κ3) is 8.08. The fourth-order valence-corrected chi connectivity index (χ4v) is 7.88. The number of methoxy groups -OCH3 is 2. The second-order valence-corrected chi connectivity index (χ2v) is 14.7. The van der Waals surface area contributed by atoms with Crippen molar-refractivity contribution in [2.24, 2.45) is 0 Å². The van der Waals surface area contributed by atoms with Crippen molar-refractivity contribution in [3.8, 4) is 33.8 Å². The second-order valence-electron chi connectivity index (χ2n) is 14.7. The quantitative estimate of drug-likeness (QED) is 0.150. The summed E-state index contributed by atoms with van der Waals surface area (Å²) in [6.07, 6.45) is 1.93. The van der Waals surface area contributed by atoms with Crippen LogP contribution < -0.4 is 19.7 Å². The van der Waals surface area contributed by atoms with Crippen LogP contribution in [0.1, 0.15) is 45.5 Å². The number of para-hydroxylation sites is 3. The Bertz CT molecular complexity index is 2290. The highest BCUT2D eigenvalue weighted by atomic mass is 19.3. The molecule has 0 bridgehead atoms. The van der Waals surface area contributed by atoms with Gasteiger partial charge in [-0.1, -0.05) is 72.8 Å². The first-order valence-corrected chi connectivity index (χ1v) is 19.3. The molecule has 0 aromatic heterocycles. The van der Waals surface area contributed by atoms with Gasteiger partial charge in [0.1, 0.15) is 11.5 Å². The molecule has 1 N–H and O–H groups in total. The Kier molecular flexibility index (Phi) is 11.7. The third-order valence-electron chi connectivity index (χ3n) is 11.0. The first-order chi connectivity index (χ1) is 28.0. The minimum absolute atomic E-state index is 0.137. The second kappa shape index (κ2) is 17.0. The lowest BCUT2D eigenvalue weighted by Crippen LogP contribution is -2.44. The zero-order valence-corrected chi connectivity index (χ0v) is 33.0. The summed E-state index contributed by atoms with van der Waals surface area (Å²) in [7, 11) is 7.15. The van der Waals surface area contributed by atoms with E-state index in [1.54, 1.807) is 61.6 Å². The summed E-state index contributed by atoms with van der Waals surface area (Å²) in [5.41, 5.74) is 3.83. The molecule has 58 heavy (non-hydrogen) atoms. The number of alkyl halides is 2. The van der Waals surface area contributed by atoms with Crippen LogP contribution in [0.2, 0.25) is 0 Å². The molecule has 11 heteroatoms. The van der Waals surface area contributed by atoms with E-state index in [2.05, 4.69) is 10.2 Å². The van der Waals surface area contributed by atoms with Crippen molar-refractivity contribution in [3.05, 3.63) is 138 Å². The van der Waals surface area contributed by atoms with Gasteiger partial charge < -0.3 is 29.5 Å². The van der Waals surface area contributed by atoms with Crippen LogP contribution in [0.25, 0.3) is 27.8 Å². The van der Waals surface area contributed by atoms with Crippen molar-refractivity contribution in [1.82, 2.24) is 9.80 Å². The average Bonchev–Trinajstić information content (AvgIpc) is 3.36. The third-order valence-corrected chi connectivity index (χ3v) is 11.0. The van der Waals surface area contributed by atoms with Gasteiger partial charge in [0, 0.05) is 71.7 Å². The van der Waals surface area contributed by atoms with Gasteiger partial charge in [0.2, 0.25) is 5.91 Å². The zero-order valence-electron chi connectivity index (χ0n) is 33.0. The summed E-state index contributed by atoms with van der Waals surface area (Å²) in [5.74, 6) is -3.52. The van der Waals surface area contributed by atoms with Crippen LogP contribution in [-0.2, 0) is 4.79 Å². The number of ether oxygens (including phenoxy) is 2. The minimum Gasteiger partial charge on any atom is -0.496 e. The lowest BCUT2D eigenvalue weighted by atomic mass is 9.90. The molecule has 0 spiro atoms. The number of hydrogen-bond acceptors (Lipinski definition) is 6. The van der Waals surface area contributed by atoms with Crippen molar-refractivity contribution >= 4 is 34.7 Å². The van der Waals surface area contributed by atoms with Gasteiger partial charge in [-0.3, -0.25) is 14.4 Å². The van der Waals surface area contributed by atoms with Crippen molar-refractivity contribution in [2.75, 3.05) is 58.2 Å². The number of benzene rings is 5. The van der Waals surface area contributed by atoms with Gasteiger partial charge in [-0.05, 0) is 80.5 Å². The monoisotopic (exact) mass is 784 g/mol. The maximum atomic E-state index is 16.0. The van der Waals surface area contributed by atoms with Gasteiger partial charge in [-0.15, -0.1) is 0 Å². The van der Waals surface area contributed by atoms with E-state index in [1.807, 2.05) is 80.8 Å². The predicted octanol–water partition coefficient (Wildman–Crippen LogP) is 8.91. The number of piperidine rings is 1. The lowest BCUT2D eigenvalue weighted by Gasteiger charge is -2.35. The van der Waals surface area contributed by atoms with E-state index in [1.165, 1.54) is 11.0 Å². The number of carbonyl (C=O) groups excluding carboxylic acids is 3. The molecule has 1 fully saturated rings. The van der Waals surface area contributed by atoms with E-state index in [-0.39, 0.29) is 17.7 Å². The Morgan fingerprint density at radius 3 is 1.81 bits per heavy atom. The number of likely N-dealkylation sites (tertiary alicyclic amines) is 1. The number of allylic oxidation sites excluding steroid dienone is 1. The van der Waals surface area contributed by atoms with Crippen LogP contribution in [0.3, 0.4) is 0 Å². The van der Waals surface area contributed by atoms with E-state index in [0.717, 1.165) is 30.0 Å². The maximum absolute atomic E-state index is 16.0. The van der Waals surface area contributed by atoms with Crippen LogP contribution in [0.15, 0.2) is 121 Å². The summed E-state index contributed by atoms with van der Waals surface area (Å²) in [5, 5.41) is 3.00. The standard InChI is InChI=1S/C47H46F2N4O5/c1-51(2)33-24-27-52(28-25-33)43(54)30-39-38-14-5-8-17-40(38)53(29-26-47(39,48)49)46(56)31-20-22-32(23-21-31)50-45(55)44-36(34-12-6-9-18-41(34)57-3)15-11-16-37(44)35-13-7-10-19-42(35)58-4/h5-23,30,33H,24-29H2,1-4H3,(H,50,55)/b39-30-. The topological polar surface area (TPSA) is 91.4 Å². The van der Waals surface area contributed by atoms with Crippen LogP contribution in [0.5, 0.6) is 11.5 Å². The van der Waals surface area contributed by atoms with Crippen molar-refractivity contribution in [2.45, 2.75) is 31.2 Å². The van der Waals surface area contributed by atoms with Gasteiger partial charge >= 0.3 is 0 Å². The molecule has 0 unspecified atom stereocenters. The zero-order chi connectivity index (χ0) is 41.0. The first-order valence-electron chi connectivity index (χ1n) is 19.3. The molecular formula is C47H46F2N4O5. The number of anilines is 2. The SMILES string of the molecule is COc1ccccc1-c1cccc(-c2ccccc2OC)c1C(=O)Nc1ccc(C(=O)N2CCC(F)(F)/C(=C\C(=O)N3CCC(N(C)C)CC3)c3ccccc32)cc1. The lowest BCUT2D eigenvalue weighted by molar-refractivity contribution is -0.127. The summed E-state index contributed by atoms with van der Waals surface area (Å²) >= 11 is 0. The maximum Gasteiger partial charge on any atom is 0.275 e. The molecule has 0 aliphatic carbocycles. The van der Waals surface area contributed by atoms with Gasteiger partial charge in [0.25, 0.3) is 17.7 Å².